The second-order valence-corrected chi connectivity index (χ2v) is 20.0. The van der Waals surface area contributed by atoms with Crippen LogP contribution in [0.2, 0.25) is 0 Å². The van der Waals surface area contributed by atoms with Crippen LogP contribution in [0.5, 0.6) is 0 Å². The molecule has 0 rings (SSSR count). The van der Waals surface area contributed by atoms with Crippen molar-refractivity contribution in [2.75, 3.05) is 51.4 Å². The summed E-state index contributed by atoms with van der Waals surface area (Å²) in [5.41, 5.74) is 0. The van der Waals surface area contributed by atoms with E-state index in [1.165, 1.54) is 4.90 Å². The SMILES string of the molecule is CCCNC(=O)CCCCCCC(=O)CCSSC(C)(C)C.CN(CCNC(=O)CCCCCCC(=O)CCSC(C)(C)C)C(=O)COCC(=O)O. The molecule has 0 aromatic heterocycles. The Kier molecular flexibility index (Phi) is 32.9. The molecular formula is C38H71N3O8S3. The van der Waals surface area contributed by atoms with Crippen molar-refractivity contribution >= 4 is 68.6 Å². The first-order chi connectivity index (χ1) is 24.4. The molecule has 52 heavy (non-hydrogen) atoms. The average molecular weight is 794 g/mol. The number of Topliss-reactive ketones (excluding diaryl/α,β-unsaturated/α-hetero) is 2. The van der Waals surface area contributed by atoms with Crippen molar-refractivity contribution in [3.63, 3.8) is 0 Å². The summed E-state index contributed by atoms with van der Waals surface area (Å²) < 4.78 is 5.20. The van der Waals surface area contributed by atoms with Gasteiger partial charge in [-0.05, 0) is 32.1 Å². The number of carboxylic acid groups (broad SMARTS) is 1. The zero-order valence-corrected chi connectivity index (χ0v) is 36.0. The van der Waals surface area contributed by atoms with Crippen LogP contribution in [0, 0.1) is 0 Å². The van der Waals surface area contributed by atoms with Crippen LogP contribution in [0.3, 0.4) is 0 Å². The van der Waals surface area contributed by atoms with Crippen molar-refractivity contribution in [2.24, 2.45) is 0 Å². The molecule has 3 amide bonds. The zero-order valence-electron chi connectivity index (χ0n) is 33.5. The summed E-state index contributed by atoms with van der Waals surface area (Å²) >= 11 is 1.81. The van der Waals surface area contributed by atoms with Gasteiger partial charge in [-0.1, -0.05) is 95.7 Å². The smallest absolute Gasteiger partial charge is 0.329 e. The topological polar surface area (TPSA) is 159 Å². The van der Waals surface area contributed by atoms with Crippen LogP contribution in [0.4, 0.5) is 0 Å². The molecule has 14 heteroatoms. The van der Waals surface area contributed by atoms with Gasteiger partial charge in [0.2, 0.25) is 17.7 Å². The predicted molar refractivity (Wildman–Crippen MR) is 219 cm³/mol. The summed E-state index contributed by atoms with van der Waals surface area (Å²) in [5, 5.41) is 14.1. The fourth-order valence-corrected chi connectivity index (χ4v) is 7.53. The van der Waals surface area contributed by atoms with Gasteiger partial charge in [-0.2, -0.15) is 11.8 Å². The number of ketones is 2. The summed E-state index contributed by atoms with van der Waals surface area (Å²) in [4.78, 5) is 70.2. The molecule has 0 bridgehead atoms. The molecule has 0 atom stereocenters. The van der Waals surface area contributed by atoms with Gasteiger partial charge >= 0.3 is 5.97 Å². The van der Waals surface area contributed by atoms with E-state index in [-0.39, 0.29) is 33.8 Å². The van der Waals surface area contributed by atoms with Gasteiger partial charge < -0.3 is 25.4 Å². The number of carbonyl (C=O) groups excluding carboxylic acids is 5. The molecule has 0 aromatic rings. The standard InChI is InChI=1S/C21H38N2O6S.C17H33NO2S2/c1-21(2,3)30-14-11-17(24)9-7-5-6-8-10-18(25)22-12-13-23(4)19(26)15-29-16-20(27)28;1-5-13-18-16(20)11-9-7-6-8-10-15(19)12-14-21-22-17(2,3)4/h5-16H2,1-4H3,(H,22,25)(H,27,28);5-14H2,1-4H3,(H,18,20). The molecule has 0 aliphatic carbocycles. The fraction of sp³-hybridized carbons (Fsp3) is 0.842. The number of unbranched alkanes of at least 4 members (excludes halogenated alkanes) is 6. The molecule has 0 spiro atoms. The van der Waals surface area contributed by atoms with E-state index >= 15 is 0 Å². The summed E-state index contributed by atoms with van der Waals surface area (Å²) in [7, 11) is 5.21. The summed E-state index contributed by atoms with van der Waals surface area (Å²) in [6.45, 7) is 15.7. The number of aliphatic carboxylic acids is 1. The van der Waals surface area contributed by atoms with Crippen LogP contribution < -0.4 is 10.6 Å². The number of nitrogens with one attached hydrogen (secondary N) is 2. The molecule has 0 fully saturated rings. The van der Waals surface area contributed by atoms with Gasteiger partial charge in [0.05, 0.1) is 0 Å². The highest BCUT2D eigenvalue weighted by molar-refractivity contribution is 8.77. The number of carboxylic acids is 1. The Morgan fingerprint density at radius 2 is 1.12 bits per heavy atom. The lowest BCUT2D eigenvalue weighted by Gasteiger charge is -2.17. The monoisotopic (exact) mass is 793 g/mol. The van der Waals surface area contributed by atoms with Gasteiger partial charge in [0.25, 0.3) is 0 Å². The minimum absolute atomic E-state index is 0.0618. The Hall–Kier alpha value is -1.77. The minimum Gasteiger partial charge on any atom is -0.480 e. The van der Waals surface area contributed by atoms with Gasteiger partial charge in [-0.3, -0.25) is 24.0 Å². The summed E-state index contributed by atoms with van der Waals surface area (Å²) in [5.74, 6) is 1.12. The van der Waals surface area contributed by atoms with E-state index in [0.717, 1.165) is 75.8 Å². The molecule has 0 saturated heterocycles. The first-order valence-corrected chi connectivity index (χ1v) is 22.2. The van der Waals surface area contributed by atoms with Crippen molar-refractivity contribution < 1.29 is 38.6 Å². The first-order valence-electron chi connectivity index (χ1n) is 18.9. The maximum absolute atomic E-state index is 11.8. The Morgan fingerprint density at radius 3 is 1.58 bits per heavy atom. The van der Waals surface area contributed by atoms with Gasteiger partial charge in [-0.15, -0.1) is 0 Å². The lowest BCUT2D eigenvalue weighted by atomic mass is 10.1. The second kappa shape index (κ2) is 32.6. The predicted octanol–water partition coefficient (Wildman–Crippen LogP) is 7.49. The van der Waals surface area contributed by atoms with Crippen LogP contribution in [-0.4, -0.2) is 106 Å². The largest absolute Gasteiger partial charge is 0.480 e. The van der Waals surface area contributed by atoms with Crippen molar-refractivity contribution in [3.8, 4) is 0 Å². The van der Waals surface area contributed by atoms with Gasteiger partial charge in [0.1, 0.15) is 24.8 Å². The molecule has 0 aliphatic rings. The third-order valence-electron chi connectivity index (χ3n) is 7.13. The molecule has 0 aliphatic heterocycles. The number of ether oxygens (including phenoxy) is 1. The van der Waals surface area contributed by atoms with Crippen LogP contribution in [0.1, 0.15) is 145 Å². The second-order valence-electron chi connectivity index (χ2n) is 14.8. The maximum atomic E-state index is 11.8. The van der Waals surface area contributed by atoms with Crippen molar-refractivity contribution in [3.05, 3.63) is 0 Å². The average Bonchev–Trinajstić information content (AvgIpc) is 3.04. The highest BCUT2D eigenvalue weighted by Gasteiger charge is 2.13. The molecule has 11 nitrogen and oxygen atoms in total. The lowest BCUT2D eigenvalue weighted by molar-refractivity contribution is -0.145. The fourth-order valence-electron chi connectivity index (χ4n) is 4.28. The number of rotatable bonds is 30. The van der Waals surface area contributed by atoms with Crippen LogP contribution >= 0.6 is 33.3 Å². The number of nitrogens with zero attached hydrogens (tertiary/aromatic N) is 1. The summed E-state index contributed by atoms with van der Waals surface area (Å²) in [6, 6.07) is 0. The van der Waals surface area contributed by atoms with E-state index in [9.17, 15) is 28.8 Å². The van der Waals surface area contributed by atoms with E-state index in [2.05, 4.69) is 59.1 Å². The Morgan fingerprint density at radius 1 is 0.635 bits per heavy atom. The maximum Gasteiger partial charge on any atom is 0.329 e. The number of carbonyl (C=O) groups is 6. The minimum atomic E-state index is -1.13. The van der Waals surface area contributed by atoms with E-state index in [1.807, 2.05) is 22.6 Å². The van der Waals surface area contributed by atoms with Crippen LogP contribution in [0.15, 0.2) is 0 Å². The van der Waals surface area contributed by atoms with Crippen molar-refractivity contribution in [1.82, 2.24) is 15.5 Å². The summed E-state index contributed by atoms with van der Waals surface area (Å²) in [6.07, 6.45) is 12.2. The zero-order chi connectivity index (χ0) is 39.8. The van der Waals surface area contributed by atoms with Crippen LogP contribution in [-0.2, 0) is 33.5 Å². The number of likely N-dealkylation sites (N-methyl/N-ethyl adjacent to an activating group) is 1. The molecule has 0 heterocycles. The van der Waals surface area contributed by atoms with E-state index < -0.39 is 12.6 Å². The number of amides is 3. The molecule has 3 N–H and O–H groups in total. The molecule has 0 saturated carbocycles. The third kappa shape index (κ3) is 41.0. The van der Waals surface area contributed by atoms with E-state index in [4.69, 9.17) is 9.84 Å². The first kappa shape index (κ1) is 52.3. The Bertz CT molecular complexity index is 1020. The van der Waals surface area contributed by atoms with Gasteiger partial charge in [0, 0.05) is 86.2 Å². The molecule has 0 radical (unpaired) electrons. The molecule has 0 aromatic carbocycles. The van der Waals surface area contributed by atoms with Gasteiger partial charge in [-0.25, -0.2) is 4.79 Å². The van der Waals surface area contributed by atoms with E-state index in [1.54, 1.807) is 17.8 Å². The Labute approximate surface area is 327 Å². The number of hydrogen-bond acceptors (Lipinski definition) is 10. The van der Waals surface area contributed by atoms with E-state index in [0.29, 0.717) is 63.2 Å². The molecule has 304 valence electrons. The highest BCUT2D eigenvalue weighted by Crippen LogP contribution is 2.35. The van der Waals surface area contributed by atoms with Crippen LogP contribution in [0.25, 0.3) is 0 Å². The highest BCUT2D eigenvalue weighted by atomic mass is 33.1. The quantitative estimate of drug-likeness (QED) is 0.0489. The van der Waals surface area contributed by atoms with Gasteiger partial charge in [0.15, 0.2) is 0 Å². The number of thioether (sulfide) groups is 1. The van der Waals surface area contributed by atoms with Crippen molar-refractivity contribution in [1.29, 1.82) is 0 Å². The third-order valence-corrected chi connectivity index (χ3v) is 11.7. The normalized spacial score (nSPS) is 11.3. The molecular weight excluding hydrogens is 723 g/mol. The van der Waals surface area contributed by atoms with Crippen molar-refractivity contribution in [2.45, 2.75) is 154 Å². The number of hydrogen-bond donors (Lipinski definition) is 3. The molecule has 0 unspecified atom stereocenters. The lowest BCUT2D eigenvalue weighted by Crippen LogP contribution is -2.38. The Balaban J connectivity index is 0.